The maximum atomic E-state index is 8.84. The fourth-order valence-electron chi connectivity index (χ4n) is 3.05. The van der Waals surface area contributed by atoms with E-state index in [9.17, 15) is 0 Å². The number of hydrogen-bond acceptors (Lipinski definition) is 2. The second-order valence-corrected chi connectivity index (χ2v) is 7.03. The zero-order valence-corrected chi connectivity index (χ0v) is 15.3. The summed E-state index contributed by atoms with van der Waals surface area (Å²) in [6, 6.07) is 0.00615. The van der Waals surface area contributed by atoms with Crippen molar-refractivity contribution in [2.75, 3.05) is 6.61 Å². The van der Waals surface area contributed by atoms with Gasteiger partial charge in [0, 0.05) is 6.04 Å². The number of aliphatic hydroxyl groups excluding tert-OH is 1. The van der Waals surface area contributed by atoms with Crippen LogP contribution in [-0.4, -0.2) is 17.8 Å². The number of nitrogens with two attached hydrogens (primary N) is 1. The highest BCUT2D eigenvalue weighted by Crippen LogP contribution is 2.14. The summed E-state index contributed by atoms with van der Waals surface area (Å²) in [4.78, 5) is 0. The first-order chi connectivity index (χ1) is 10.8. The van der Waals surface area contributed by atoms with Crippen molar-refractivity contribution in [1.82, 2.24) is 0 Å². The van der Waals surface area contributed by atoms with E-state index >= 15 is 0 Å². The van der Waals surface area contributed by atoms with Crippen LogP contribution in [0, 0.1) is 0 Å². The molecule has 0 saturated carbocycles. The van der Waals surface area contributed by atoms with E-state index in [0.717, 1.165) is 6.42 Å². The molecule has 0 rings (SSSR count). The van der Waals surface area contributed by atoms with Gasteiger partial charge in [-0.15, -0.1) is 0 Å². The Morgan fingerprint density at radius 3 is 1.23 bits per heavy atom. The summed E-state index contributed by atoms with van der Waals surface area (Å²) >= 11 is 0. The Hall–Kier alpha value is -0.0800. The van der Waals surface area contributed by atoms with Crippen molar-refractivity contribution in [2.45, 2.75) is 122 Å². The monoisotopic (exact) mass is 313 g/mol. The van der Waals surface area contributed by atoms with Gasteiger partial charge in [-0.2, -0.15) is 0 Å². The van der Waals surface area contributed by atoms with E-state index in [1.165, 1.54) is 103 Å². The Morgan fingerprint density at radius 1 is 0.591 bits per heavy atom. The molecule has 0 aliphatic rings. The highest BCUT2D eigenvalue weighted by atomic mass is 16.3. The number of unbranched alkanes of at least 4 members (excludes halogenated alkanes) is 15. The largest absolute Gasteiger partial charge is 0.395 e. The van der Waals surface area contributed by atoms with Gasteiger partial charge in [0.05, 0.1) is 6.61 Å². The van der Waals surface area contributed by atoms with Crippen LogP contribution in [0.25, 0.3) is 0 Å². The van der Waals surface area contributed by atoms with Crippen LogP contribution in [-0.2, 0) is 0 Å². The van der Waals surface area contributed by atoms with Crippen LogP contribution in [0.5, 0.6) is 0 Å². The average molecular weight is 314 g/mol. The summed E-state index contributed by atoms with van der Waals surface area (Å²) in [5.74, 6) is 0. The Labute approximate surface area is 140 Å². The lowest BCUT2D eigenvalue weighted by Gasteiger charge is -2.07. The van der Waals surface area contributed by atoms with Crippen LogP contribution in [0.15, 0.2) is 0 Å². The van der Waals surface area contributed by atoms with E-state index in [1.807, 2.05) is 0 Å². The van der Waals surface area contributed by atoms with Gasteiger partial charge in [0.1, 0.15) is 0 Å². The Kier molecular flexibility index (Phi) is 18.9. The molecule has 0 aromatic rings. The minimum atomic E-state index is 0.00615. The third-order valence-electron chi connectivity index (χ3n) is 4.66. The second-order valence-electron chi connectivity index (χ2n) is 7.03. The SMILES string of the molecule is CCCCCCCCCCCCCCCCCC[C@H](N)CO. The summed E-state index contributed by atoms with van der Waals surface area (Å²) in [6.45, 7) is 2.42. The lowest BCUT2D eigenvalue weighted by atomic mass is 10.0. The lowest BCUT2D eigenvalue weighted by Crippen LogP contribution is -2.23. The molecule has 22 heavy (non-hydrogen) atoms. The normalized spacial score (nSPS) is 12.7. The van der Waals surface area contributed by atoms with Gasteiger partial charge in [0.2, 0.25) is 0 Å². The van der Waals surface area contributed by atoms with Gasteiger partial charge in [0.15, 0.2) is 0 Å². The molecule has 2 heteroatoms. The molecule has 3 N–H and O–H groups in total. The minimum Gasteiger partial charge on any atom is -0.395 e. The molecule has 0 bridgehead atoms. The van der Waals surface area contributed by atoms with Crippen molar-refractivity contribution >= 4 is 0 Å². The highest BCUT2D eigenvalue weighted by Gasteiger charge is 1.99. The standard InChI is InChI=1S/C20H43NO/c1-2-3-4-5-6-7-8-9-10-11-12-13-14-15-16-17-18-20(21)19-22/h20,22H,2-19,21H2,1H3/t20-/m0/s1. The summed E-state index contributed by atoms with van der Waals surface area (Å²) in [5, 5.41) is 8.84. The molecule has 0 spiro atoms. The molecule has 0 heterocycles. The predicted molar refractivity (Wildman–Crippen MR) is 99.2 cm³/mol. The minimum absolute atomic E-state index is 0.00615. The van der Waals surface area contributed by atoms with Crippen molar-refractivity contribution in [2.24, 2.45) is 5.73 Å². The number of hydrogen-bond donors (Lipinski definition) is 2. The first-order valence-corrected chi connectivity index (χ1v) is 10.2. The first-order valence-electron chi connectivity index (χ1n) is 10.2. The van der Waals surface area contributed by atoms with E-state index in [0.29, 0.717) is 0 Å². The molecule has 0 saturated heterocycles. The maximum Gasteiger partial charge on any atom is 0.0582 e. The average Bonchev–Trinajstić information content (AvgIpc) is 2.54. The molecule has 0 unspecified atom stereocenters. The summed E-state index contributed by atoms with van der Waals surface area (Å²) in [5.41, 5.74) is 5.68. The van der Waals surface area contributed by atoms with Crippen molar-refractivity contribution in [1.29, 1.82) is 0 Å². The van der Waals surface area contributed by atoms with Gasteiger partial charge in [-0.3, -0.25) is 0 Å². The predicted octanol–water partition coefficient (Wildman–Crippen LogP) is 5.96. The van der Waals surface area contributed by atoms with Gasteiger partial charge in [0.25, 0.3) is 0 Å². The lowest BCUT2D eigenvalue weighted by molar-refractivity contribution is 0.257. The van der Waals surface area contributed by atoms with Crippen LogP contribution in [0.2, 0.25) is 0 Å². The molecule has 0 aromatic carbocycles. The molecule has 134 valence electrons. The van der Waals surface area contributed by atoms with E-state index in [4.69, 9.17) is 10.8 Å². The van der Waals surface area contributed by atoms with Crippen molar-refractivity contribution in [3.8, 4) is 0 Å². The van der Waals surface area contributed by atoms with Gasteiger partial charge in [-0.1, -0.05) is 110 Å². The fraction of sp³-hybridized carbons (Fsp3) is 1.00. The molecule has 2 nitrogen and oxygen atoms in total. The van der Waals surface area contributed by atoms with Crippen LogP contribution < -0.4 is 5.73 Å². The molecule has 1 atom stereocenters. The van der Waals surface area contributed by atoms with Gasteiger partial charge >= 0.3 is 0 Å². The fourth-order valence-corrected chi connectivity index (χ4v) is 3.05. The summed E-state index contributed by atoms with van der Waals surface area (Å²) in [7, 11) is 0. The van der Waals surface area contributed by atoms with E-state index in [-0.39, 0.29) is 12.6 Å². The third-order valence-corrected chi connectivity index (χ3v) is 4.66. The molecule has 0 aromatic heterocycles. The van der Waals surface area contributed by atoms with Crippen molar-refractivity contribution in [3.63, 3.8) is 0 Å². The van der Waals surface area contributed by atoms with Crippen LogP contribution in [0.4, 0.5) is 0 Å². The van der Waals surface area contributed by atoms with Crippen molar-refractivity contribution in [3.05, 3.63) is 0 Å². The first kappa shape index (κ1) is 21.9. The number of rotatable bonds is 18. The van der Waals surface area contributed by atoms with Crippen molar-refractivity contribution < 1.29 is 5.11 Å². The molecule has 0 aliphatic heterocycles. The van der Waals surface area contributed by atoms with E-state index in [2.05, 4.69) is 6.92 Å². The summed E-state index contributed by atoms with van der Waals surface area (Å²) < 4.78 is 0. The van der Waals surface area contributed by atoms with Crippen LogP contribution in [0.1, 0.15) is 116 Å². The van der Waals surface area contributed by atoms with Crippen LogP contribution in [0.3, 0.4) is 0 Å². The van der Waals surface area contributed by atoms with Gasteiger partial charge < -0.3 is 10.8 Å². The molecule has 0 fully saturated rings. The topological polar surface area (TPSA) is 46.2 Å². The van der Waals surface area contributed by atoms with Crippen LogP contribution >= 0.6 is 0 Å². The van der Waals surface area contributed by atoms with E-state index in [1.54, 1.807) is 0 Å². The summed E-state index contributed by atoms with van der Waals surface area (Å²) in [6.07, 6.45) is 23.4. The number of aliphatic hydroxyl groups is 1. The Morgan fingerprint density at radius 2 is 0.909 bits per heavy atom. The van der Waals surface area contributed by atoms with Gasteiger partial charge in [-0.05, 0) is 6.42 Å². The second kappa shape index (κ2) is 19.0. The maximum absolute atomic E-state index is 8.84. The van der Waals surface area contributed by atoms with E-state index < -0.39 is 0 Å². The third kappa shape index (κ3) is 18.0. The zero-order chi connectivity index (χ0) is 16.3. The highest BCUT2D eigenvalue weighted by molar-refractivity contribution is 4.58. The molecule has 0 amide bonds. The quantitative estimate of drug-likeness (QED) is 0.307. The van der Waals surface area contributed by atoms with Gasteiger partial charge in [-0.25, -0.2) is 0 Å². The Balaban J connectivity index is 2.97. The molecule has 0 radical (unpaired) electrons. The molecule has 0 aliphatic carbocycles. The zero-order valence-electron chi connectivity index (χ0n) is 15.3. The smallest absolute Gasteiger partial charge is 0.0582 e. The molecular formula is C20H43NO. The molecular weight excluding hydrogens is 270 g/mol. The Bertz CT molecular complexity index is 196.